The van der Waals surface area contributed by atoms with Gasteiger partial charge in [-0.25, -0.2) is 84.2 Å². The van der Waals surface area contributed by atoms with Crippen molar-refractivity contribution in [3.8, 4) is 11.6 Å². The Kier molecular flexibility index (Phi) is 49.1. The summed E-state index contributed by atoms with van der Waals surface area (Å²) in [5, 5.41) is 7.47. The van der Waals surface area contributed by atoms with Crippen molar-refractivity contribution in [2.45, 2.75) is 83.9 Å². The van der Waals surface area contributed by atoms with Crippen LogP contribution in [0.2, 0.25) is 0 Å². The highest BCUT2D eigenvalue weighted by atomic mass is 79.9. The quantitative estimate of drug-likeness (QED) is 0.00321. The van der Waals surface area contributed by atoms with Crippen LogP contribution in [-0.2, 0) is 78.5 Å². The largest absolute Gasteiger partial charge is 0.461 e. The molecule has 0 aliphatic heterocycles. The number of imidazole rings is 3. The number of anilines is 3. The van der Waals surface area contributed by atoms with Gasteiger partial charge < -0.3 is 65.8 Å². The van der Waals surface area contributed by atoms with Gasteiger partial charge in [-0.15, -0.1) is 11.8 Å². The average Bonchev–Trinajstić information content (AvgIpc) is 1.62. The number of carbonyl (C=O) groups is 4. The number of aliphatic imine (C=N–C) groups is 1. The molecule has 0 fully saturated rings. The molecule has 12 N–H and O–H groups in total. The van der Waals surface area contributed by atoms with Crippen LogP contribution in [0.25, 0.3) is 32.6 Å². The molecular weight excluding hydrogens is 1820 g/mol. The monoisotopic (exact) mass is 1910 g/mol. The molecule has 0 saturated heterocycles. The third-order valence-corrected chi connectivity index (χ3v) is 18.5. The first-order chi connectivity index (χ1) is 63.6. The first-order valence-corrected chi connectivity index (χ1v) is 42.7. The van der Waals surface area contributed by atoms with Gasteiger partial charge in [0.25, 0.3) is 6.17 Å². The summed E-state index contributed by atoms with van der Waals surface area (Å²) >= 11 is 8.54. The summed E-state index contributed by atoms with van der Waals surface area (Å²) in [7, 11) is 6.32. The molecule has 7 aromatic carbocycles. The van der Waals surface area contributed by atoms with Crippen molar-refractivity contribution in [3.63, 3.8) is 0 Å². The summed E-state index contributed by atoms with van der Waals surface area (Å²) in [4.78, 5) is 90.7. The van der Waals surface area contributed by atoms with E-state index in [2.05, 4.69) is 97.2 Å². The standard InChI is InChI=1S/C16H13FN8.C16H14FN3O2.C15H12N2.C13H14FN3O2.C9H9FN2.C7H6BrF.C7H16O4.C5H9NO2S.C4H7NO2S/c17-10-5-2-1-4-9(10)8-11-13-20-6-3-7-25(13)14(21-11)12-22-15(18)24-16(19)23-12;1-2-22-16(21)15-19-13(14-18-8-5-9-20(14)15)10-11-6-3-4-7-12(11)17;1-16-12-17-15(13-8-4-2-5-9-13)14-10-6-3-7-11-14;1-2-19-13(18)12-16-10(11(15)17-12)7-8-5-3-4-6-9(8)14;1-12-9(11)6-7-4-2-3-5-8(7)10;8-5-6-3-1-2-4-7(6)9;1-8-6(9-2)5-7(10-3)11-4;1-3-8-5(7)4(6)9-2;1-2-7-4(6)3(5)8/h1-7H,8H2,(H4,18,19,22,23,24);3-9H,2,10H2,1H3;2-11H,12H2;3-6H,2,7,15H2,1H3,(H,16,17);2-5,9H,6,11H2;1-4H,5H2;6-7H,5H2,1-4H3;6H,3H2,1-2H3;2H2,1H3,(H2,5,8). The van der Waals surface area contributed by atoms with E-state index in [9.17, 15) is 41.1 Å². The van der Waals surface area contributed by atoms with Gasteiger partial charge in [-0.2, -0.15) is 15.0 Å². The number of nitrogen functional groups attached to an aromatic ring is 3. The van der Waals surface area contributed by atoms with Crippen molar-refractivity contribution in [1.29, 1.82) is 5.41 Å². The number of nitrogens with zero attached hydrogens (tertiary/aromatic N) is 13. The number of hydrogen-bond donors (Lipinski definition) is 7. The molecule has 0 aliphatic carbocycles. The molecule has 40 heteroatoms. The minimum Gasteiger partial charge on any atom is -0.461 e. The Morgan fingerprint density at radius 1 is 0.538 bits per heavy atom. The molecule has 13 rings (SSSR count). The van der Waals surface area contributed by atoms with E-state index >= 15 is 0 Å². The zero-order chi connectivity index (χ0) is 96.9. The minimum atomic E-state index is -0.637. The van der Waals surface area contributed by atoms with E-state index in [0.717, 1.165) is 28.6 Å². The van der Waals surface area contributed by atoms with Crippen molar-refractivity contribution in [3.05, 3.63) is 339 Å². The van der Waals surface area contributed by atoms with Crippen LogP contribution in [0.3, 0.4) is 0 Å². The number of thioether (sulfide) groups is 1. The smallest absolute Gasteiger partial charge is 0.374 e. The normalized spacial score (nSPS) is 10.4. The maximum absolute atomic E-state index is 14.0. The molecule has 0 saturated carbocycles. The first-order valence-electron chi connectivity index (χ1n) is 39.9. The number of thiocarbonyl (C=S) groups is 1. The molecule has 132 heavy (non-hydrogen) atoms. The first kappa shape index (κ1) is 108. The number of esters is 4. The molecule has 6 aromatic heterocycles. The van der Waals surface area contributed by atoms with Crippen LogP contribution >= 0.6 is 39.9 Å². The third-order valence-electron chi connectivity index (χ3n) is 17.1. The molecular formula is C92H100BrF5N20O12S2. The average molecular weight is 1920 g/mol. The molecule has 32 nitrogen and oxygen atoms in total. The van der Waals surface area contributed by atoms with Gasteiger partial charge >= 0.3 is 30.5 Å². The second kappa shape index (κ2) is 59.8. The number of ether oxygens (including phenoxy) is 8. The van der Waals surface area contributed by atoms with E-state index in [1.54, 1.807) is 193 Å². The van der Waals surface area contributed by atoms with Crippen LogP contribution in [0.15, 0.2) is 224 Å². The topological polar surface area (TPSA) is 445 Å². The number of fused-ring (bicyclic) bond motifs is 2. The van der Waals surface area contributed by atoms with Crippen LogP contribution < -0.4 is 28.7 Å². The number of aromatic amines is 1. The van der Waals surface area contributed by atoms with Gasteiger partial charge in [0.1, 0.15) is 34.9 Å². The molecule has 1 unspecified atom stereocenters. The van der Waals surface area contributed by atoms with Crippen molar-refractivity contribution < 1.29 is 79.0 Å². The summed E-state index contributed by atoms with van der Waals surface area (Å²) in [6.45, 7) is 21.6. The van der Waals surface area contributed by atoms with Gasteiger partial charge in [0.05, 0.1) is 55.6 Å². The summed E-state index contributed by atoms with van der Waals surface area (Å²) in [5.74, 6) is -2.62. The van der Waals surface area contributed by atoms with Gasteiger partial charge in [-0.1, -0.05) is 180 Å². The Labute approximate surface area is 777 Å². The SMILES string of the molecule is CCOC(=O)C(=N)SC.CCOC(=O)C(N)=S.CCOC(=O)c1nc(Cc2ccccc2F)c2ncccn12.CCOC(=O)c1nc(N)c(Cc2ccccc2F)[nH]1.COC(CC(OC)OC)OC.Fc1ccccc1CBr.Nc1nc(N)nc(-c2nc(Cc3ccccc3F)c3ncccn23)n1.[C-]#[N+]C(N)Cc1ccccc1F.[C-]#[N+]CN=C(c1ccccc1)c1ccccc1. The van der Waals surface area contributed by atoms with Crippen molar-refractivity contribution >= 4 is 109 Å². The maximum atomic E-state index is 14.0. The predicted molar refractivity (Wildman–Crippen MR) is 501 cm³/mol. The van der Waals surface area contributed by atoms with E-state index in [4.69, 9.17) is 75.6 Å². The van der Waals surface area contributed by atoms with Crippen LogP contribution in [0.1, 0.15) is 111 Å². The summed E-state index contributed by atoms with van der Waals surface area (Å²) < 4.78 is 109. The van der Waals surface area contributed by atoms with Crippen LogP contribution in [-0.4, -0.2) is 180 Å². The molecule has 0 spiro atoms. The number of hydrogen-bond acceptors (Lipinski definition) is 28. The lowest BCUT2D eigenvalue weighted by Crippen LogP contribution is -2.24. The fourth-order valence-electron chi connectivity index (χ4n) is 11.0. The highest BCUT2D eigenvalue weighted by Crippen LogP contribution is 2.25. The summed E-state index contributed by atoms with van der Waals surface area (Å²) in [6.07, 6.45) is 8.83. The molecule has 0 aliphatic rings. The number of halogens is 6. The number of nitrogens with one attached hydrogen (secondary N) is 2. The van der Waals surface area contributed by atoms with E-state index in [1.807, 2.05) is 66.7 Å². The van der Waals surface area contributed by atoms with Crippen molar-refractivity contribution in [1.82, 2.24) is 53.7 Å². The minimum absolute atomic E-state index is 0.00112. The fraction of sp³-hybridized carbons (Fsp3) is 0.250. The third kappa shape index (κ3) is 36.4. The molecule has 6 heterocycles. The van der Waals surface area contributed by atoms with Crippen molar-refractivity contribution in [2.75, 3.05) is 85.0 Å². The Morgan fingerprint density at radius 2 is 0.947 bits per heavy atom. The summed E-state index contributed by atoms with van der Waals surface area (Å²) in [6, 6.07) is 55.8. The molecule has 13 aromatic rings. The lowest BCUT2D eigenvalue weighted by molar-refractivity contribution is -0.178. The number of alkyl halides is 1. The Bertz CT molecular complexity index is 5860. The molecule has 694 valence electrons. The maximum Gasteiger partial charge on any atom is 0.374 e. The lowest BCUT2D eigenvalue weighted by atomic mass is 10.0. The molecule has 0 bridgehead atoms. The number of aromatic nitrogens is 11. The van der Waals surface area contributed by atoms with E-state index < -0.39 is 30.0 Å². The highest BCUT2D eigenvalue weighted by Gasteiger charge is 2.23. The number of rotatable bonds is 25. The number of nitrogens with two attached hydrogens (primary N) is 5. The van der Waals surface area contributed by atoms with Crippen LogP contribution in [0.5, 0.6) is 0 Å². The number of benzene rings is 7. The fourth-order valence-corrected chi connectivity index (χ4v) is 11.7. The van der Waals surface area contributed by atoms with Gasteiger partial charge in [0.15, 0.2) is 39.7 Å². The van der Waals surface area contributed by atoms with Crippen LogP contribution in [0, 0.1) is 47.6 Å². The predicted octanol–water partition coefficient (Wildman–Crippen LogP) is 15.0. The van der Waals surface area contributed by atoms with Gasteiger partial charge in [0.2, 0.25) is 29.4 Å². The summed E-state index contributed by atoms with van der Waals surface area (Å²) in [5.41, 5.74) is 35.6. The van der Waals surface area contributed by atoms with Gasteiger partial charge in [0, 0.05) is 95.4 Å². The van der Waals surface area contributed by atoms with E-state index in [1.165, 1.54) is 30.3 Å². The zero-order valence-corrected chi connectivity index (χ0v) is 76.7. The Hall–Kier alpha value is -14.2. The highest BCUT2D eigenvalue weighted by molar-refractivity contribution is 9.08. The van der Waals surface area contributed by atoms with E-state index in [-0.39, 0.29) is 132 Å². The molecule has 0 radical (unpaired) electrons. The van der Waals surface area contributed by atoms with Gasteiger partial charge in [-0.05, 0) is 104 Å². The number of methoxy groups -OCH3 is 4. The van der Waals surface area contributed by atoms with E-state index in [0.29, 0.717) is 87.0 Å². The number of carbonyl (C=O) groups excluding carboxylic acids is 4. The zero-order valence-electron chi connectivity index (χ0n) is 73.5. The Balaban J connectivity index is 0.000000270. The van der Waals surface area contributed by atoms with Gasteiger partial charge in [-0.3, -0.25) is 29.6 Å². The lowest BCUT2D eigenvalue weighted by Gasteiger charge is -2.18. The number of H-pyrrole nitrogens is 1. The second-order valence-electron chi connectivity index (χ2n) is 26.1. The molecule has 1 atom stereocenters. The van der Waals surface area contributed by atoms with Crippen molar-refractivity contribution in [2.24, 2.45) is 16.5 Å². The second-order valence-corrected chi connectivity index (χ2v) is 27.9. The van der Waals surface area contributed by atoms with Crippen LogP contribution in [0.4, 0.5) is 39.7 Å². The Morgan fingerprint density at radius 3 is 1.36 bits per heavy atom. The molecule has 0 amide bonds.